The SMILES string of the molecule is CNCc1ccc(N2CCSCC2S(C)(=O)=O)nc1C. The lowest BCUT2D eigenvalue weighted by atomic mass is 10.2. The first-order valence-corrected chi connectivity index (χ1v) is 9.69. The molecule has 0 radical (unpaired) electrons. The first-order valence-electron chi connectivity index (χ1n) is 6.58. The number of pyridine rings is 1. The van der Waals surface area contributed by atoms with E-state index in [-0.39, 0.29) is 0 Å². The standard InChI is InChI=1S/C13H21N3O2S2/c1-10-11(8-14-2)4-5-12(15-10)16-6-7-19-9-13(16)20(3,17)18/h4-5,13-14H,6-9H2,1-3H3. The number of anilines is 1. The number of nitrogens with zero attached hydrogens (tertiary/aromatic N) is 2. The van der Waals surface area contributed by atoms with E-state index in [9.17, 15) is 8.42 Å². The summed E-state index contributed by atoms with van der Waals surface area (Å²) in [4.78, 5) is 6.51. The van der Waals surface area contributed by atoms with Gasteiger partial charge < -0.3 is 10.2 Å². The summed E-state index contributed by atoms with van der Waals surface area (Å²) >= 11 is 1.69. The van der Waals surface area contributed by atoms with Gasteiger partial charge in [-0.1, -0.05) is 6.07 Å². The lowest BCUT2D eigenvalue weighted by Crippen LogP contribution is -2.47. The number of aromatic nitrogens is 1. The molecule has 112 valence electrons. The molecule has 1 atom stereocenters. The molecule has 0 bridgehead atoms. The van der Waals surface area contributed by atoms with E-state index in [4.69, 9.17) is 0 Å². The van der Waals surface area contributed by atoms with Gasteiger partial charge in [-0.05, 0) is 25.6 Å². The van der Waals surface area contributed by atoms with Crippen LogP contribution in [0.2, 0.25) is 0 Å². The van der Waals surface area contributed by atoms with E-state index in [2.05, 4.69) is 10.3 Å². The van der Waals surface area contributed by atoms with Crippen molar-refractivity contribution in [2.24, 2.45) is 0 Å². The molecule has 20 heavy (non-hydrogen) atoms. The zero-order valence-corrected chi connectivity index (χ0v) is 13.7. The fraction of sp³-hybridized carbons (Fsp3) is 0.615. The largest absolute Gasteiger partial charge is 0.338 e. The van der Waals surface area contributed by atoms with Crippen LogP contribution in [-0.2, 0) is 16.4 Å². The highest BCUT2D eigenvalue weighted by Crippen LogP contribution is 2.26. The Morgan fingerprint density at radius 3 is 2.85 bits per heavy atom. The summed E-state index contributed by atoms with van der Waals surface area (Å²) in [5.41, 5.74) is 2.08. The Morgan fingerprint density at radius 2 is 2.25 bits per heavy atom. The van der Waals surface area contributed by atoms with Crippen molar-refractivity contribution < 1.29 is 8.42 Å². The molecule has 0 amide bonds. The van der Waals surface area contributed by atoms with Crippen molar-refractivity contribution in [1.29, 1.82) is 0 Å². The number of rotatable bonds is 4. The first-order chi connectivity index (χ1) is 9.43. The number of hydrogen-bond donors (Lipinski definition) is 1. The molecule has 0 saturated carbocycles. The summed E-state index contributed by atoms with van der Waals surface area (Å²) < 4.78 is 23.9. The van der Waals surface area contributed by atoms with Crippen LogP contribution in [0.3, 0.4) is 0 Å². The topological polar surface area (TPSA) is 62.3 Å². The molecule has 5 nitrogen and oxygen atoms in total. The van der Waals surface area contributed by atoms with E-state index in [1.165, 1.54) is 6.26 Å². The Bertz CT molecular complexity index is 575. The van der Waals surface area contributed by atoms with E-state index in [1.54, 1.807) is 11.8 Å². The number of aryl methyl sites for hydroxylation is 1. The van der Waals surface area contributed by atoms with Gasteiger partial charge in [0.1, 0.15) is 11.2 Å². The summed E-state index contributed by atoms with van der Waals surface area (Å²) in [6.45, 7) is 3.45. The maximum atomic E-state index is 11.9. The van der Waals surface area contributed by atoms with Crippen molar-refractivity contribution in [1.82, 2.24) is 10.3 Å². The van der Waals surface area contributed by atoms with Crippen LogP contribution in [0.5, 0.6) is 0 Å². The average Bonchev–Trinajstić information content (AvgIpc) is 2.40. The zero-order valence-electron chi connectivity index (χ0n) is 12.1. The molecule has 2 rings (SSSR count). The van der Waals surface area contributed by atoms with Gasteiger partial charge in [-0.25, -0.2) is 13.4 Å². The molecule has 1 fully saturated rings. The van der Waals surface area contributed by atoms with Crippen LogP contribution in [-0.4, -0.2) is 50.1 Å². The van der Waals surface area contributed by atoms with Crippen molar-refractivity contribution in [2.75, 3.05) is 36.3 Å². The Balaban J connectivity index is 2.31. The highest BCUT2D eigenvalue weighted by molar-refractivity contribution is 8.01. The molecule has 1 unspecified atom stereocenters. The maximum absolute atomic E-state index is 11.9. The van der Waals surface area contributed by atoms with Crippen LogP contribution >= 0.6 is 11.8 Å². The molecule has 1 saturated heterocycles. The molecule has 0 aliphatic carbocycles. The van der Waals surface area contributed by atoms with Gasteiger partial charge in [-0.3, -0.25) is 0 Å². The lowest BCUT2D eigenvalue weighted by molar-refractivity contribution is 0.583. The second-order valence-corrected chi connectivity index (χ2v) is 8.35. The van der Waals surface area contributed by atoms with Crippen LogP contribution in [0, 0.1) is 6.92 Å². The van der Waals surface area contributed by atoms with E-state index in [0.717, 1.165) is 35.9 Å². The summed E-state index contributed by atoms with van der Waals surface area (Å²) in [6, 6.07) is 3.95. The monoisotopic (exact) mass is 315 g/mol. The minimum atomic E-state index is -3.10. The summed E-state index contributed by atoms with van der Waals surface area (Å²) in [6.07, 6.45) is 1.30. The van der Waals surface area contributed by atoms with Crippen molar-refractivity contribution in [3.8, 4) is 0 Å². The predicted octanol–water partition coefficient (Wildman–Crippen LogP) is 1.03. The zero-order chi connectivity index (χ0) is 14.8. The molecule has 1 aliphatic heterocycles. The highest BCUT2D eigenvalue weighted by atomic mass is 32.2. The van der Waals surface area contributed by atoms with Gasteiger partial charge in [0.2, 0.25) is 0 Å². The third-order valence-electron chi connectivity index (χ3n) is 3.42. The summed E-state index contributed by atoms with van der Waals surface area (Å²) in [5, 5.41) is 2.63. The van der Waals surface area contributed by atoms with Gasteiger partial charge >= 0.3 is 0 Å². The molecule has 1 aliphatic rings. The molecule has 1 aromatic heterocycles. The molecule has 1 N–H and O–H groups in total. The third-order valence-corrected chi connectivity index (χ3v) is 6.06. The Kier molecular flexibility index (Phi) is 4.93. The Hall–Kier alpha value is -0.790. The van der Waals surface area contributed by atoms with Crippen LogP contribution in [0.25, 0.3) is 0 Å². The van der Waals surface area contributed by atoms with Crippen molar-refractivity contribution in [3.63, 3.8) is 0 Å². The van der Waals surface area contributed by atoms with E-state index in [0.29, 0.717) is 5.75 Å². The van der Waals surface area contributed by atoms with Gasteiger partial charge in [0, 0.05) is 36.5 Å². The average molecular weight is 315 g/mol. The molecule has 1 aromatic rings. The normalized spacial score (nSPS) is 20.1. The number of hydrogen-bond acceptors (Lipinski definition) is 6. The smallest absolute Gasteiger partial charge is 0.169 e. The van der Waals surface area contributed by atoms with Crippen molar-refractivity contribution >= 4 is 27.4 Å². The maximum Gasteiger partial charge on any atom is 0.169 e. The fourth-order valence-electron chi connectivity index (χ4n) is 2.31. The molecule has 2 heterocycles. The van der Waals surface area contributed by atoms with Crippen LogP contribution in [0.1, 0.15) is 11.3 Å². The second kappa shape index (κ2) is 6.32. The van der Waals surface area contributed by atoms with Crippen LogP contribution in [0.4, 0.5) is 5.82 Å². The quantitative estimate of drug-likeness (QED) is 0.895. The van der Waals surface area contributed by atoms with E-state index >= 15 is 0 Å². The Morgan fingerprint density at radius 1 is 1.50 bits per heavy atom. The van der Waals surface area contributed by atoms with Gasteiger partial charge in [-0.15, -0.1) is 0 Å². The minimum Gasteiger partial charge on any atom is -0.338 e. The van der Waals surface area contributed by atoms with Gasteiger partial charge in [0.15, 0.2) is 9.84 Å². The summed E-state index contributed by atoms with van der Waals surface area (Å²) in [5.74, 6) is 2.31. The van der Waals surface area contributed by atoms with Crippen LogP contribution in [0.15, 0.2) is 12.1 Å². The first kappa shape index (κ1) is 15.6. The van der Waals surface area contributed by atoms with E-state index in [1.807, 2.05) is 31.0 Å². The Labute approximate surface area is 125 Å². The lowest BCUT2D eigenvalue weighted by Gasteiger charge is -2.35. The molecular weight excluding hydrogens is 294 g/mol. The minimum absolute atomic E-state index is 0.469. The van der Waals surface area contributed by atoms with E-state index < -0.39 is 15.2 Å². The van der Waals surface area contributed by atoms with Crippen molar-refractivity contribution in [2.45, 2.75) is 18.8 Å². The molecule has 0 spiro atoms. The highest BCUT2D eigenvalue weighted by Gasteiger charge is 2.31. The van der Waals surface area contributed by atoms with Crippen LogP contribution < -0.4 is 10.2 Å². The summed E-state index contributed by atoms with van der Waals surface area (Å²) in [7, 11) is -1.21. The second-order valence-electron chi connectivity index (χ2n) is 5.00. The van der Waals surface area contributed by atoms with Gasteiger partial charge in [0.25, 0.3) is 0 Å². The van der Waals surface area contributed by atoms with Crippen molar-refractivity contribution in [3.05, 3.63) is 23.4 Å². The van der Waals surface area contributed by atoms with Gasteiger partial charge in [0.05, 0.1) is 0 Å². The third kappa shape index (κ3) is 3.45. The molecule has 0 aromatic carbocycles. The molecular formula is C13H21N3O2S2. The number of sulfone groups is 1. The number of thioether (sulfide) groups is 1. The fourth-order valence-corrected chi connectivity index (χ4v) is 5.14. The van der Waals surface area contributed by atoms with Gasteiger partial charge in [-0.2, -0.15) is 11.8 Å². The molecule has 7 heteroatoms. The number of nitrogens with one attached hydrogen (secondary N) is 1. The predicted molar refractivity (Wildman–Crippen MR) is 85.0 cm³/mol.